The fourth-order valence-corrected chi connectivity index (χ4v) is 3.12. The number of aromatic carboxylic acids is 1. The average Bonchev–Trinajstić information content (AvgIpc) is 3.12. The van der Waals surface area contributed by atoms with E-state index < -0.39 is 5.97 Å². The van der Waals surface area contributed by atoms with Crippen LogP contribution in [0.25, 0.3) is 11.1 Å². The van der Waals surface area contributed by atoms with Crippen molar-refractivity contribution in [3.05, 3.63) is 95.6 Å². The number of allylic oxidation sites excluding steroid dienone is 4. The van der Waals surface area contributed by atoms with Gasteiger partial charge in [0.2, 0.25) is 0 Å². The maximum atomic E-state index is 11.5. The maximum Gasteiger partial charge on any atom is 0.336 e. The Kier molecular flexibility index (Phi) is 6.74. The summed E-state index contributed by atoms with van der Waals surface area (Å²) in [5, 5.41) is 14.1. The lowest BCUT2D eigenvalue weighted by molar-refractivity contribution is 0.0697. The van der Waals surface area contributed by atoms with Crippen LogP contribution in [0.1, 0.15) is 41.4 Å². The molecule has 0 radical (unpaired) electrons. The van der Waals surface area contributed by atoms with Crippen LogP contribution in [0.3, 0.4) is 0 Å². The van der Waals surface area contributed by atoms with Gasteiger partial charge in [-0.2, -0.15) is 5.10 Å². The summed E-state index contributed by atoms with van der Waals surface area (Å²) in [5.41, 5.74) is 2.99. The van der Waals surface area contributed by atoms with Gasteiger partial charge in [-0.1, -0.05) is 66.8 Å². The molecule has 5 nitrogen and oxygen atoms in total. The van der Waals surface area contributed by atoms with Crippen molar-refractivity contribution < 1.29 is 9.90 Å². The monoisotopic (exact) mass is 387 g/mol. The molecule has 0 amide bonds. The normalized spacial score (nSPS) is 11.5. The fraction of sp³-hybridized carbons (Fsp3) is 0.208. The molecule has 0 aliphatic carbocycles. The predicted octanol–water partition coefficient (Wildman–Crippen LogP) is 4.93. The van der Waals surface area contributed by atoms with E-state index in [2.05, 4.69) is 16.2 Å². The summed E-state index contributed by atoms with van der Waals surface area (Å²) in [6.07, 6.45) is 9.60. The number of carboxylic acids is 1. The number of benzene rings is 2. The predicted molar refractivity (Wildman–Crippen MR) is 115 cm³/mol. The lowest BCUT2D eigenvalue weighted by Gasteiger charge is -2.08. The van der Waals surface area contributed by atoms with Crippen LogP contribution in [0.15, 0.2) is 72.8 Å². The molecule has 148 valence electrons. The highest BCUT2D eigenvalue weighted by atomic mass is 16.4. The molecule has 0 atom stereocenters. The van der Waals surface area contributed by atoms with Crippen LogP contribution in [0.4, 0.5) is 0 Å². The van der Waals surface area contributed by atoms with Crippen molar-refractivity contribution in [3.8, 4) is 11.1 Å². The Hall–Kier alpha value is -3.47. The summed E-state index contributed by atoms with van der Waals surface area (Å²) in [5.74, 6) is 0.826. The number of carboxylic acid groups (broad SMARTS) is 1. The molecule has 1 N–H and O–H groups in total. The summed E-state index contributed by atoms with van der Waals surface area (Å²) >= 11 is 0. The van der Waals surface area contributed by atoms with Crippen molar-refractivity contribution in [1.29, 1.82) is 0 Å². The molecule has 0 aliphatic rings. The molecule has 0 saturated heterocycles. The molecule has 0 aliphatic heterocycles. The minimum absolute atomic E-state index is 0.304. The maximum absolute atomic E-state index is 11.5. The smallest absolute Gasteiger partial charge is 0.336 e. The van der Waals surface area contributed by atoms with Gasteiger partial charge >= 0.3 is 5.97 Å². The van der Waals surface area contributed by atoms with E-state index in [1.54, 1.807) is 12.1 Å². The van der Waals surface area contributed by atoms with Crippen LogP contribution in [0.5, 0.6) is 0 Å². The molecule has 1 heterocycles. The highest BCUT2D eigenvalue weighted by Crippen LogP contribution is 2.24. The van der Waals surface area contributed by atoms with Crippen LogP contribution < -0.4 is 0 Å². The summed E-state index contributed by atoms with van der Waals surface area (Å²) < 4.78 is 1.94. The Morgan fingerprint density at radius 3 is 2.38 bits per heavy atom. The Balaban J connectivity index is 1.84. The standard InChI is InChI=1S/C24H25N3O2/c1-3-5-11-22-25-23(12-6-4-2)27(26-22)17-18-13-15-19(16-14-18)20-9-7-8-10-21(20)24(28)29/h3-10,13-16H,11-12,17H2,1-2H3,(H,28,29). The molecule has 29 heavy (non-hydrogen) atoms. The second-order valence-corrected chi connectivity index (χ2v) is 6.70. The molecule has 3 aromatic rings. The van der Waals surface area contributed by atoms with Crippen molar-refractivity contribution >= 4 is 5.97 Å². The first-order valence-corrected chi connectivity index (χ1v) is 9.69. The van der Waals surface area contributed by atoms with Gasteiger partial charge in [0.15, 0.2) is 5.82 Å². The third kappa shape index (κ3) is 5.08. The van der Waals surface area contributed by atoms with Crippen LogP contribution >= 0.6 is 0 Å². The molecule has 0 bridgehead atoms. The molecular formula is C24H25N3O2. The third-order valence-electron chi connectivity index (χ3n) is 4.62. The van der Waals surface area contributed by atoms with Crippen molar-refractivity contribution in [3.63, 3.8) is 0 Å². The van der Waals surface area contributed by atoms with E-state index in [0.717, 1.165) is 41.2 Å². The number of hydrogen-bond donors (Lipinski definition) is 1. The van der Waals surface area contributed by atoms with Crippen LogP contribution in [0.2, 0.25) is 0 Å². The lowest BCUT2D eigenvalue weighted by Crippen LogP contribution is -2.06. The van der Waals surface area contributed by atoms with Gasteiger partial charge in [0.1, 0.15) is 5.82 Å². The van der Waals surface area contributed by atoms with Crippen LogP contribution in [-0.4, -0.2) is 25.8 Å². The summed E-state index contributed by atoms with van der Waals surface area (Å²) in [6.45, 7) is 4.60. The van der Waals surface area contributed by atoms with Gasteiger partial charge in [0.25, 0.3) is 0 Å². The van der Waals surface area contributed by atoms with E-state index in [0.29, 0.717) is 12.1 Å². The highest BCUT2D eigenvalue weighted by Gasteiger charge is 2.12. The molecule has 3 rings (SSSR count). The number of carbonyl (C=O) groups is 1. The summed E-state index contributed by atoms with van der Waals surface area (Å²) in [6, 6.07) is 15.0. The Bertz CT molecular complexity index is 1030. The molecule has 1 aromatic heterocycles. The van der Waals surface area contributed by atoms with E-state index in [1.807, 2.05) is 73.2 Å². The van der Waals surface area contributed by atoms with Crippen LogP contribution in [0, 0.1) is 0 Å². The lowest BCUT2D eigenvalue weighted by atomic mass is 9.99. The Morgan fingerprint density at radius 1 is 1.00 bits per heavy atom. The van der Waals surface area contributed by atoms with Crippen LogP contribution in [-0.2, 0) is 19.4 Å². The first-order valence-electron chi connectivity index (χ1n) is 9.69. The van der Waals surface area contributed by atoms with Gasteiger partial charge < -0.3 is 5.11 Å². The molecule has 5 heteroatoms. The van der Waals surface area contributed by atoms with Gasteiger partial charge in [-0.25, -0.2) is 14.5 Å². The van der Waals surface area contributed by atoms with E-state index in [-0.39, 0.29) is 0 Å². The molecule has 0 fully saturated rings. The summed E-state index contributed by atoms with van der Waals surface area (Å²) in [4.78, 5) is 16.1. The minimum Gasteiger partial charge on any atom is -0.478 e. The van der Waals surface area contributed by atoms with Crippen molar-refractivity contribution in [2.24, 2.45) is 0 Å². The van der Waals surface area contributed by atoms with Gasteiger partial charge in [0, 0.05) is 12.8 Å². The van der Waals surface area contributed by atoms with Gasteiger partial charge in [-0.15, -0.1) is 0 Å². The van der Waals surface area contributed by atoms with Crippen molar-refractivity contribution in [2.75, 3.05) is 0 Å². The van der Waals surface area contributed by atoms with E-state index in [1.165, 1.54) is 0 Å². The quantitative estimate of drug-likeness (QED) is 0.557. The second kappa shape index (κ2) is 9.64. The largest absolute Gasteiger partial charge is 0.478 e. The van der Waals surface area contributed by atoms with Crippen molar-refractivity contribution in [1.82, 2.24) is 14.8 Å². The van der Waals surface area contributed by atoms with E-state index in [9.17, 15) is 9.90 Å². The molecule has 0 spiro atoms. The number of rotatable bonds is 8. The number of hydrogen-bond acceptors (Lipinski definition) is 3. The SMILES string of the molecule is CC=CCc1nc(CC=CC)n(Cc2ccc(-c3ccccc3C(=O)O)cc2)n1. The molecule has 0 saturated carbocycles. The molecule has 0 unspecified atom stereocenters. The van der Waals surface area contributed by atoms with Gasteiger partial charge in [-0.05, 0) is 36.6 Å². The Labute approximate surface area is 171 Å². The zero-order chi connectivity index (χ0) is 20.6. The number of aromatic nitrogens is 3. The minimum atomic E-state index is -0.922. The Morgan fingerprint density at radius 2 is 1.69 bits per heavy atom. The van der Waals surface area contributed by atoms with Crippen molar-refractivity contribution in [2.45, 2.75) is 33.2 Å². The molecular weight excluding hydrogens is 362 g/mol. The average molecular weight is 387 g/mol. The zero-order valence-electron chi connectivity index (χ0n) is 16.7. The second-order valence-electron chi connectivity index (χ2n) is 6.70. The molecule has 2 aromatic carbocycles. The topological polar surface area (TPSA) is 68.0 Å². The van der Waals surface area contributed by atoms with E-state index in [4.69, 9.17) is 0 Å². The van der Waals surface area contributed by atoms with Gasteiger partial charge in [-0.3, -0.25) is 0 Å². The van der Waals surface area contributed by atoms with Gasteiger partial charge in [0.05, 0.1) is 12.1 Å². The summed E-state index contributed by atoms with van der Waals surface area (Å²) in [7, 11) is 0. The highest BCUT2D eigenvalue weighted by molar-refractivity contribution is 5.95. The zero-order valence-corrected chi connectivity index (χ0v) is 16.7. The first-order chi connectivity index (χ1) is 14.1. The van der Waals surface area contributed by atoms with E-state index >= 15 is 0 Å². The number of nitrogens with zero attached hydrogens (tertiary/aromatic N) is 3. The first kappa shape index (κ1) is 20.3. The third-order valence-corrected chi connectivity index (χ3v) is 4.62. The fourth-order valence-electron chi connectivity index (χ4n) is 3.12.